The van der Waals surface area contributed by atoms with Crippen LogP contribution in [0.25, 0.3) is 0 Å². The third-order valence-electron chi connectivity index (χ3n) is 3.88. The highest BCUT2D eigenvalue weighted by atomic mass is 35.5. The standard InChI is InChI=1S/C19H18Cl2FN3OS/c1-3-25-18(12(2)26-17-8-7-14(20)10-16(17)21)23-24-19(25)27-11-13-5-4-6-15(22)9-13/h4-10,12H,3,11H2,1-2H3. The molecule has 8 heteroatoms. The molecular weight excluding hydrogens is 408 g/mol. The summed E-state index contributed by atoms with van der Waals surface area (Å²) < 4.78 is 21.3. The molecule has 0 bridgehead atoms. The fourth-order valence-electron chi connectivity index (χ4n) is 2.59. The Labute approximate surface area is 171 Å². The Kier molecular flexibility index (Phi) is 6.63. The number of rotatable bonds is 7. The molecule has 0 saturated heterocycles. The van der Waals surface area contributed by atoms with Crippen LogP contribution in [-0.4, -0.2) is 14.8 Å². The Morgan fingerprint density at radius 2 is 2.00 bits per heavy atom. The van der Waals surface area contributed by atoms with Crippen LogP contribution in [0.15, 0.2) is 47.6 Å². The van der Waals surface area contributed by atoms with Crippen molar-refractivity contribution in [3.63, 3.8) is 0 Å². The van der Waals surface area contributed by atoms with E-state index < -0.39 is 0 Å². The van der Waals surface area contributed by atoms with E-state index in [1.807, 2.05) is 24.5 Å². The summed E-state index contributed by atoms with van der Waals surface area (Å²) in [4.78, 5) is 0. The lowest BCUT2D eigenvalue weighted by atomic mass is 10.2. The minimum Gasteiger partial charge on any atom is -0.481 e. The number of ether oxygens (including phenoxy) is 1. The Morgan fingerprint density at radius 1 is 1.19 bits per heavy atom. The summed E-state index contributed by atoms with van der Waals surface area (Å²) in [6.07, 6.45) is -0.348. The highest BCUT2D eigenvalue weighted by Crippen LogP contribution is 2.32. The molecule has 3 rings (SSSR count). The molecule has 1 aromatic heterocycles. The Morgan fingerprint density at radius 3 is 2.70 bits per heavy atom. The van der Waals surface area contributed by atoms with Gasteiger partial charge in [-0.05, 0) is 49.7 Å². The van der Waals surface area contributed by atoms with Gasteiger partial charge in [0, 0.05) is 17.3 Å². The van der Waals surface area contributed by atoms with E-state index in [9.17, 15) is 4.39 Å². The van der Waals surface area contributed by atoms with Crippen molar-refractivity contribution >= 4 is 35.0 Å². The molecule has 0 radical (unpaired) electrons. The maximum Gasteiger partial charge on any atom is 0.191 e. The smallest absolute Gasteiger partial charge is 0.191 e. The lowest BCUT2D eigenvalue weighted by molar-refractivity contribution is 0.210. The predicted octanol–water partition coefficient (Wildman–Crippen LogP) is 6.18. The molecule has 4 nitrogen and oxygen atoms in total. The van der Waals surface area contributed by atoms with Crippen LogP contribution in [0.3, 0.4) is 0 Å². The van der Waals surface area contributed by atoms with E-state index in [0.717, 1.165) is 10.7 Å². The van der Waals surface area contributed by atoms with Crippen molar-refractivity contribution in [2.24, 2.45) is 0 Å². The first-order valence-corrected chi connectivity index (χ1v) is 10.1. The molecule has 27 heavy (non-hydrogen) atoms. The normalized spacial score (nSPS) is 12.2. The van der Waals surface area contributed by atoms with Crippen LogP contribution in [0.2, 0.25) is 10.0 Å². The number of benzene rings is 2. The van der Waals surface area contributed by atoms with Crippen molar-refractivity contribution in [3.8, 4) is 5.75 Å². The number of hydrogen-bond acceptors (Lipinski definition) is 4. The Hall–Kier alpha value is -1.76. The fraction of sp³-hybridized carbons (Fsp3) is 0.263. The highest BCUT2D eigenvalue weighted by Gasteiger charge is 2.19. The van der Waals surface area contributed by atoms with Gasteiger partial charge in [0.15, 0.2) is 17.1 Å². The van der Waals surface area contributed by atoms with Crippen LogP contribution < -0.4 is 4.74 Å². The zero-order valence-electron chi connectivity index (χ0n) is 14.8. The molecule has 0 fully saturated rings. The highest BCUT2D eigenvalue weighted by molar-refractivity contribution is 7.98. The van der Waals surface area contributed by atoms with Gasteiger partial charge in [-0.2, -0.15) is 0 Å². The second kappa shape index (κ2) is 8.95. The summed E-state index contributed by atoms with van der Waals surface area (Å²) in [6.45, 7) is 4.60. The average molecular weight is 426 g/mol. The van der Waals surface area contributed by atoms with Crippen LogP contribution in [0.4, 0.5) is 4.39 Å². The topological polar surface area (TPSA) is 39.9 Å². The monoisotopic (exact) mass is 425 g/mol. The van der Waals surface area contributed by atoms with Gasteiger partial charge in [0.2, 0.25) is 0 Å². The average Bonchev–Trinajstić information content (AvgIpc) is 3.05. The number of aromatic nitrogens is 3. The zero-order valence-corrected chi connectivity index (χ0v) is 17.2. The molecular formula is C19H18Cl2FN3OS. The maximum absolute atomic E-state index is 13.3. The first-order chi connectivity index (χ1) is 13.0. The zero-order chi connectivity index (χ0) is 19.4. The first kappa shape index (κ1) is 20.0. The predicted molar refractivity (Wildman–Crippen MR) is 107 cm³/mol. The maximum atomic E-state index is 13.3. The van der Waals surface area contributed by atoms with Crippen LogP contribution in [0.1, 0.15) is 31.3 Å². The Balaban J connectivity index is 1.74. The molecule has 1 heterocycles. The summed E-state index contributed by atoms with van der Waals surface area (Å²) in [5.74, 6) is 1.60. The van der Waals surface area contributed by atoms with Gasteiger partial charge in [-0.25, -0.2) is 4.39 Å². The molecule has 1 atom stereocenters. The molecule has 0 saturated carbocycles. The number of thioether (sulfide) groups is 1. The van der Waals surface area contributed by atoms with Crippen molar-refractivity contribution in [1.29, 1.82) is 0 Å². The molecule has 0 aliphatic carbocycles. The minimum atomic E-state index is -0.348. The summed E-state index contributed by atoms with van der Waals surface area (Å²) in [7, 11) is 0. The van der Waals surface area contributed by atoms with E-state index in [1.54, 1.807) is 24.3 Å². The lowest BCUT2D eigenvalue weighted by Gasteiger charge is -2.16. The molecule has 2 aromatic carbocycles. The van der Waals surface area contributed by atoms with E-state index in [-0.39, 0.29) is 11.9 Å². The van der Waals surface area contributed by atoms with Gasteiger partial charge in [-0.15, -0.1) is 10.2 Å². The van der Waals surface area contributed by atoms with Crippen molar-refractivity contribution < 1.29 is 9.13 Å². The lowest BCUT2D eigenvalue weighted by Crippen LogP contribution is -2.12. The van der Waals surface area contributed by atoms with Crippen molar-refractivity contribution in [3.05, 3.63) is 69.7 Å². The fourth-order valence-corrected chi connectivity index (χ4v) is 4.00. The number of nitrogens with zero attached hydrogens (tertiary/aromatic N) is 3. The number of hydrogen-bond donors (Lipinski definition) is 0. The van der Waals surface area contributed by atoms with Crippen molar-refractivity contribution in [1.82, 2.24) is 14.8 Å². The molecule has 142 valence electrons. The van der Waals surface area contributed by atoms with Crippen molar-refractivity contribution in [2.45, 2.75) is 37.4 Å². The molecule has 0 amide bonds. The first-order valence-electron chi connectivity index (χ1n) is 8.40. The second-order valence-corrected chi connectivity index (χ2v) is 7.62. The molecule has 1 unspecified atom stereocenters. The molecule has 0 aliphatic rings. The van der Waals surface area contributed by atoms with Crippen LogP contribution in [0.5, 0.6) is 5.75 Å². The van der Waals surface area contributed by atoms with Crippen LogP contribution in [0, 0.1) is 5.82 Å². The summed E-state index contributed by atoms with van der Waals surface area (Å²) >= 11 is 13.6. The van der Waals surface area contributed by atoms with E-state index in [4.69, 9.17) is 27.9 Å². The SMILES string of the molecule is CCn1c(SCc2cccc(F)c2)nnc1C(C)Oc1ccc(Cl)cc1Cl. The third kappa shape index (κ3) is 4.94. The van der Waals surface area contributed by atoms with Gasteiger partial charge < -0.3 is 9.30 Å². The summed E-state index contributed by atoms with van der Waals surface area (Å²) in [6, 6.07) is 11.6. The van der Waals surface area contributed by atoms with Gasteiger partial charge in [-0.1, -0.05) is 47.1 Å². The van der Waals surface area contributed by atoms with E-state index in [1.165, 1.54) is 23.9 Å². The molecule has 0 aliphatic heterocycles. The quantitative estimate of drug-likeness (QED) is 0.423. The largest absolute Gasteiger partial charge is 0.481 e. The van der Waals surface area contributed by atoms with Gasteiger partial charge in [0.05, 0.1) is 5.02 Å². The van der Waals surface area contributed by atoms with Gasteiger partial charge in [-0.3, -0.25) is 0 Å². The van der Waals surface area contributed by atoms with E-state index in [0.29, 0.717) is 33.9 Å². The molecule has 0 spiro atoms. The number of halogens is 3. The van der Waals surface area contributed by atoms with E-state index >= 15 is 0 Å². The second-order valence-electron chi connectivity index (χ2n) is 5.84. The third-order valence-corrected chi connectivity index (χ3v) is 5.45. The summed E-state index contributed by atoms with van der Waals surface area (Å²) in [5, 5.41) is 10.3. The molecule has 0 N–H and O–H groups in total. The van der Waals surface area contributed by atoms with Gasteiger partial charge >= 0.3 is 0 Å². The van der Waals surface area contributed by atoms with Crippen LogP contribution >= 0.6 is 35.0 Å². The van der Waals surface area contributed by atoms with E-state index in [2.05, 4.69) is 10.2 Å². The van der Waals surface area contributed by atoms with Crippen molar-refractivity contribution in [2.75, 3.05) is 0 Å². The van der Waals surface area contributed by atoms with Gasteiger partial charge in [0.25, 0.3) is 0 Å². The minimum absolute atomic E-state index is 0.243. The Bertz CT molecular complexity index is 935. The molecule has 3 aromatic rings. The van der Waals surface area contributed by atoms with Crippen LogP contribution in [-0.2, 0) is 12.3 Å². The summed E-state index contributed by atoms with van der Waals surface area (Å²) in [5.41, 5.74) is 0.893. The van der Waals surface area contributed by atoms with Gasteiger partial charge in [0.1, 0.15) is 11.6 Å².